The zero-order valence-corrected chi connectivity index (χ0v) is 9.90. The first-order valence-corrected chi connectivity index (χ1v) is 5.62. The SMILES string of the molecule is CN1CCC(c2ccc(N(C)C)cc2)C1. The van der Waals surface area contributed by atoms with E-state index >= 15 is 0 Å². The fraction of sp³-hybridized carbons (Fsp3) is 0.538. The summed E-state index contributed by atoms with van der Waals surface area (Å²) >= 11 is 0. The Morgan fingerprint density at radius 3 is 2.33 bits per heavy atom. The van der Waals surface area contributed by atoms with Crippen LogP contribution in [0, 0.1) is 0 Å². The van der Waals surface area contributed by atoms with E-state index in [2.05, 4.69) is 55.2 Å². The van der Waals surface area contributed by atoms with E-state index in [1.807, 2.05) is 0 Å². The molecule has 1 aliphatic rings. The van der Waals surface area contributed by atoms with Gasteiger partial charge in [0.25, 0.3) is 0 Å². The van der Waals surface area contributed by atoms with Gasteiger partial charge < -0.3 is 9.80 Å². The van der Waals surface area contributed by atoms with Crippen molar-refractivity contribution in [1.29, 1.82) is 0 Å². The van der Waals surface area contributed by atoms with E-state index in [0.717, 1.165) is 5.92 Å². The van der Waals surface area contributed by atoms with Crippen LogP contribution in [0.3, 0.4) is 0 Å². The molecule has 15 heavy (non-hydrogen) atoms. The van der Waals surface area contributed by atoms with Gasteiger partial charge in [-0.3, -0.25) is 0 Å². The van der Waals surface area contributed by atoms with Crippen molar-refractivity contribution in [3.8, 4) is 0 Å². The number of nitrogens with zero attached hydrogens (tertiary/aromatic N) is 2. The van der Waals surface area contributed by atoms with Crippen LogP contribution < -0.4 is 4.90 Å². The molecule has 0 spiro atoms. The third-order valence-corrected chi connectivity index (χ3v) is 3.27. The van der Waals surface area contributed by atoms with Crippen molar-refractivity contribution >= 4 is 5.69 Å². The third kappa shape index (κ3) is 2.32. The van der Waals surface area contributed by atoms with Crippen LogP contribution in [0.4, 0.5) is 5.69 Å². The first-order chi connectivity index (χ1) is 7.16. The first kappa shape index (κ1) is 10.5. The summed E-state index contributed by atoms with van der Waals surface area (Å²) in [5.41, 5.74) is 2.77. The molecule has 1 fully saturated rings. The molecular formula is C13H20N2. The third-order valence-electron chi connectivity index (χ3n) is 3.27. The van der Waals surface area contributed by atoms with Crippen molar-refractivity contribution in [2.24, 2.45) is 0 Å². The van der Waals surface area contributed by atoms with E-state index < -0.39 is 0 Å². The molecule has 2 rings (SSSR count). The molecule has 2 heteroatoms. The largest absolute Gasteiger partial charge is 0.378 e. The minimum atomic E-state index is 0.742. The van der Waals surface area contributed by atoms with Crippen LogP contribution in [-0.2, 0) is 0 Å². The van der Waals surface area contributed by atoms with Crippen LogP contribution >= 0.6 is 0 Å². The molecule has 0 aliphatic carbocycles. The highest BCUT2D eigenvalue weighted by Crippen LogP contribution is 2.27. The van der Waals surface area contributed by atoms with Gasteiger partial charge in [0.2, 0.25) is 0 Å². The topological polar surface area (TPSA) is 6.48 Å². The lowest BCUT2D eigenvalue weighted by Gasteiger charge is -2.15. The minimum absolute atomic E-state index is 0.742. The maximum atomic E-state index is 2.41. The Morgan fingerprint density at radius 2 is 1.87 bits per heavy atom. The molecule has 1 aromatic rings. The van der Waals surface area contributed by atoms with Crippen molar-refractivity contribution in [2.75, 3.05) is 39.1 Å². The molecule has 1 heterocycles. The van der Waals surface area contributed by atoms with Crippen molar-refractivity contribution in [1.82, 2.24) is 4.90 Å². The predicted molar refractivity (Wildman–Crippen MR) is 65.6 cm³/mol. The van der Waals surface area contributed by atoms with Crippen LogP contribution in [0.5, 0.6) is 0 Å². The van der Waals surface area contributed by atoms with Crippen molar-refractivity contribution < 1.29 is 0 Å². The van der Waals surface area contributed by atoms with Crippen molar-refractivity contribution in [3.63, 3.8) is 0 Å². The maximum Gasteiger partial charge on any atom is 0.0361 e. The molecule has 1 aliphatic heterocycles. The Hall–Kier alpha value is -1.02. The Balaban J connectivity index is 2.10. The smallest absolute Gasteiger partial charge is 0.0361 e. The van der Waals surface area contributed by atoms with Gasteiger partial charge in [0, 0.05) is 26.3 Å². The number of hydrogen-bond acceptors (Lipinski definition) is 2. The van der Waals surface area contributed by atoms with E-state index in [1.165, 1.54) is 30.8 Å². The van der Waals surface area contributed by atoms with Crippen LogP contribution in [0.2, 0.25) is 0 Å². The van der Waals surface area contributed by atoms with Gasteiger partial charge >= 0.3 is 0 Å². The second-order valence-electron chi connectivity index (χ2n) is 4.73. The van der Waals surface area contributed by atoms with E-state index in [0.29, 0.717) is 0 Å². The van der Waals surface area contributed by atoms with Crippen LogP contribution in [0.25, 0.3) is 0 Å². The first-order valence-electron chi connectivity index (χ1n) is 5.62. The summed E-state index contributed by atoms with van der Waals surface area (Å²) in [6.07, 6.45) is 1.30. The van der Waals surface area contributed by atoms with Crippen LogP contribution in [0.1, 0.15) is 17.9 Å². The van der Waals surface area contributed by atoms with Crippen molar-refractivity contribution in [3.05, 3.63) is 29.8 Å². The normalized spacial score (nSPS) is 21.9. The lowest BCUT2D eigenvalue weighted by molar-refractivity contribution is 0.411. The molecule has 0 aromatic heterocycles. The zero-order chi connectivity index (χ0) is 10.8. The number of anilines is 1. The lowest BCUT2D eigenvalue weighted by atomic mass is 9.98. The summed E-state index contributed by atoms with van der Waals surface area (Å²) in [6, 6.07) is 8.99. The summed E-state index contributed by atoms with van der Waals surface area (Å²) in [5, 5.41) is 0. The predicted octanol–water partition coefficient (Wildman–Crippen LogP) is 2.17. The van der Waals surface area contributed by atoms with Crippen LogP contribution in [0.15, 0.2) is 24.3 Å². The van der Waals surface area contributed by atoms with E-state index in [9.17, 15) is 0 Å². The van der Waals surface area contributed by atoms with Gasteiger partial charge in [-0.15, -0.1) is 0 Å². The van der Waals surface area contributed by atoms with Gasteiger partial charge in [0.15, 0.2) is 0 Å². The average Bonchev–Trinajstić information content (AvgIpc) is 2.65. The summed E-state index contributed by atoms with van der Waals surface area (Å²) in [4.78, 5) is 4.55. The highest BCUT2D eigenvalue weighted by molar-refractivity contribution is 5.46. The minimum Gasteiger partial charge on any atom is -0.378 e. The number of benzene rings is 1. The standard InChI is InChI=1S/C13H20N2/c1-14(2)13-6-4-11(5-7-13)12-8-9-15(3)10-12/h4-7,12H,8-10H2,1-3H3. The summed E-state index contributed by atoms with van der Waals surface area (Å²) in [7, 11) is 6.37. The highest BCUT2D eigenvalue weighted by Gasteiger charge is 2.20. The molecule has 2 nitrogen and oxygen atoms in total. The Morgan fingerprint density at radius 1 is 1.20 bits per heavy atom. The molecule has 1 unspecified atom stereocenters. The highest BCUT2D eigenvalue weighted by atomic mass is 15.1. The van der Waals surface area contributed by atoms with E-state index in [1.54, 1.807) is 0 Å². The lowest BCUT2D eigenvalue weighted by Crippen LogP contribution is -2.13. The second kappa shape index (κ2) is 4.23. The van der Waals surface area contributed by atoms with Gasteiger partial charge in [-0.05, 0) is 43.6 Å². The fourth-order valence-electron chi connectivity index (χ4n) is 2.25. The summed E-state index contributed by atoms with van der Waals surface area (Å²) in [6.45, 7) is 2.45. The number of likely N-dealkylation sites (N-methyl/N-ethyl adjacent to an activating group) is 1. The molecule has 82 valence electrons. The number of rotatable bonds is 2. The molecule has 0 N–H and O–H groups in total. The van der Waals surface area contributed by atoms with Gasteiger partial charge in [0.05, 0.1) is 0 Å². The summed E-state index contributed by atoms with van der Waals surface area (Å²) in [5.74, 6) is 0.742. The average molecular weight is 204 g/mol. The Kier molecular flexibility index (Phi) is 2.96. The second-order valence-corrected chi connectivity index (χ2v) is 4.73. The Bertz CT molecular complexity index is 316. The molecule has 1 aromatic carbocycles. The van der Waals surface area contributed by atoms with Gasteiger partial charge in [0.1, 0.15) is 0 Å². The zero-order valence-electron chi connectivity index (χ0n) is 9.90. The Labute approximate surface area is 92.5 Å². The van der Waals surface area contributed by atoms with Gasteiger partial charge in [-0.2, -0.15) is 0 Å². The van der Waals surface area contributed by atoms with E-state index in [4.69, 9.17) is 0 Å². The molecule has 0 amide bonds. The molecule has 0 bridgehead atoms. The molecular weight excluding hydrogens is 184 g/mol. The van der Waals surface area contributed by atoms with Crippen molar-refractivity contribution in [2.45, 2.75) is 12.3 Å². The molecule has 0 radical (unpaired) electrons. The maximum absolute atomic E-state index is 2.41. The fourth-order valence-corrected chi connectivity index (χ4v) is 2.25. The monoisotopic (exact) mass is 204 g/mol. The van der Waals surface area contributed by atoms with Crippen LogP contribution in [-0.4, -0.2) is 39.1 Å². The molecule has 0 saturated carbocycles. The molecule has 1 atom stereocenters. The van der Waals surface area contributed by atoms with Gasteiger partial charge in [-0.25, -0.2) is 0 Å². The number of likely N-dealkylation sites (tertiary alicyclic amines) is 1. The molecule has 1 saturated heterocycles. The number of hydrogen-bond donors (Lipinski definition) is 0. The van der Waals surface area contributed by atoms with E-state index in [-0.39, 0.29) is 0 Å². The summed E-state index contributed by atoms with van der Waals surface area (Å²) < 4.78 is 0. The quantitative estimate of drug-likeness (QED) is 0.728. The van der Waals surface area contributed by atoms with Gasteiger partial charge in [-0.1, -0.05) is 12.1 Å².